The Balaban J connectivity index is 0.905. The molecule has 5 nitrogen and oxygen atoms in total. The van der Waals surface area contributed by atoms with Gasteiger partial charge in [-0.25, -0.2) is 0 Å². The van der Waals surface area contributed by atoms with Crippen LogP contribution in [0.15, 0.2) is 444 Å². The summed E-state index contributed by atoms with van der Waals surface area (Å²) in [5.41, 5.74) is 38.4. The summed E-state index contributed by atoms with van der Waals surface area (Å²) in [7, 11) is 0. The minimum atomic E-state index is -0.384. The number of furan rings is 3. The minimum Gasteiger partial charge on any atom is -0.456 e. The van der Waals surface area contributed by atoms with E-state index in [0.717, 1.165) is 239 Å². The van der Waals surface area contributed by atoms with Gasteiger partial charge in [0.05, 0.1) is 11.4 Å². The van der Waals surface area contributed by atoms with E-state index in [2.05, 4.69) is 441 Å². The summed E-state index contributed by atoms with van der Waals surface area (Å²) in [5, 5.41) is 6.26. The van der Waals surface area contributed by atoms with Crippen molar-refractivity contribution in [2.45, 2.75) is 0 Å². The largest absolute Gasteiger partial charge is 0.456 e. The highest BCUT2D eigenvalue weighted by Crippen LogP contribution is 2.58. The van der Waals surface area contributed by atoms with E-state index >= 15 is 0 Å². The minimum absolute atomic E-state index is 0.384. The number of benzene rings is 19. The maximum Gasteiger partial charge on any atom is 0.252 e. The number of fused-ring (bicyclic) bond motifs is 13. The second-order valence-corrected chi connectivity index (χ2v) is 31.6. The SMILES string of the molecule is c1ccc(-c2cccc(-c3cc(-c4ccccc4)cc(-c4cccc5oc6ccccc6c45)c3N3c4ccc(-c5ccccc5)cc4B4c5cc(-c6ccccc6)ccc5N(c5c(-c6cccc(-c7ccccc7)c6)cc(-c6ccccc6)cc5-c5cccc6oc7ccccc7c56)c5cc(-c6ccc7oc8ccccc8c7c6)cc3c54)c2)cc1. The Morgan fingerprint density at radius 2 is 0.467 bits per heavy atom. The van der Waals surface area contributed by atoms with Crippen LogP contribution in [0.25, 0.3) is 188 Å². The topological polar surface area (TPSA) is 45.9 Å². The Hall–Kier alpha value is -15.8. The summed E-state index contributed by atoms with van der Waals surface area (Å²) in [6, 6.07) is 159. The third-order valence-electron chi connectivity index (χ3n) is 24.8. The van der Waals surface area contributed by atoms with Crippen molar-refractivity contribution in [3.8, 4) is 122 Å². The molecule has 0 saturated heterocycles. The molecule has 2 aliphatic heterocycles. The molecule has 0 unspecified atom stereocenters. The van der Waals surface area contributed by atoms with E-state index in [0.29, 0.717) is 0 Å². The van der Waals surface area contributed by atoms with Crippen molar-refractivity contribution >= 4 is 123 Å². The Morgan fingerprint density at radius 3 is 0.900 bits per heavy atom. The van der Waals surface area contributed by atoms with Crippen LogP contribution in [-0.2, 0) is 0 Å². The Bertz CT molecular complexity index is 7440. The first-order valence-electron chi connectivity index (χ1n) is 41.2. The Morgan fingerprint density at radius 1 is 0.167 bits per heavy atom. The van der Waals surface area contributed by atoms with Crippen LogP contribution in [0, 0.1) is 0 Å². The molecule has 2 aliphatic rings. The fourth-order valence-electron chi connectivity index (χ4n) is 19.4. The average molecular weight is 1530 g/mol. The Kier molecular flexibility index (Phi) is 16.0. The molecule has 558 valence electrons. The van der Waals surface area contributed by atoms with Crippen LogP contribution in [0.5, 0.6) is 0 Å². The molecule has 5 heterocycles. The van der Waals surface area contributed by atoms with Crippen LogP contribution in [0.3, 0.4) is 0 Å². The number of para-hydroxylation sites is 3. The van der Waals surface area contributed by atoms with E-state index in [-0.39, 0.29) is 6.71 Å². The van der Waals surface area contributed by atoms with Crippen molar-refractivity contribution in [2.75, 3.05) is 9.80 Å². The molecule has 120 heavy (non-hydrogen) atoms. The molecule has 0 radical (unpaired) electrons. The van der Waals surface area contributed by atoms with Crippen molar-refractivity contribution in [2.24, 2.45) is 0 Å². The van der Waals surface area contributed by atoms with Gasteiger partial charge in [-0.15, -0.1) is 0 Å². The van der Waals surface area contributed by atoms with Crippen LogP contribution >= 0.6 is 0 Å². The average Bonchev–Trinajstić information content (AvgIpc) is 0.725. The van der Waals surface area contributed by atoms with Gasteiger partial charge in [0, 0.05) is 77.3 Å². The first-order valence-corrected chi connectivity index (χ1v) is 41.2. The van der Waals surface area contributed by atoms with E-state index in [4.69, 9.17) is 13.3 Å². The standard InChI is InChI=1S/C114H71BN2O3/c1-7-29-72(30-8-1)78-41-25-43-83(61-78)93-64-85(76-37-15-5-16-38-76)66-96(89-48-27-53-108-110(89)91-46-20-23-51-105(91)119-108)113(93)116-100-58-55-81(74-33-11-3-12-34-74)68-98(100)115-99-69-82(75-35-13-4-14-36-75)56-59-101(99)117(103-71-87(70-102(116)112(103)115)80-57-60-107-95(63-80)88-45-19-22-50-104(88)118-107)114-94(84-44-26-42-79(62-84)73-31-9-2-10-32-73)65-86(77-39-17-6-18-40-77)67-97(114)90-49-28-54-109-111(90)92-47-21-24-52-106(92)120-109/h1-71H. The molecule has 0 bridgehead atoms. The molecule has 3 aromatic heterocycles. The molecule has 0 N–H and O–H groups in total. The van der Waals surface area contributed by atoms with E-state index in [1.54, 1.807) is 0 Å². The summed E-state index contributed by atoms with van der Waals surface area (Å²) < 4.78 is 20.8. The summed E-state index contributed by atoms with van der Waals surface area (Å²) in [5.74, 6) is 0. The van der Waals surface area contributed by atoms with Crippen molar-refractivity contribution in [1.29, 1.82) is 0 Å². The van der Waals surface area contributed by atoms with Gasteiger partial charge in [0.25, 0.3) is 6.71 Å². The molecular weight excluding hydrogens is 1460 g/mol. The Labute approximate surface area is 694 Å². The zero-order chi connectivity index (χ0) is 78.9. The zero-order valence-electron chi connectivity index (χ0n) is 65.2. The number of hydrogen-bond donors (Lipinski definition) is 0. The van der Waals surface area contributed by atoms with Crippen LogP contribution in [-0.4, -0.2) is 6.71 Å². The van der Waals surface area contributed by atoms with E-state index in [1.165, 1.54) is 0 Å². The zero-order valence-corrected chi connectivity index (χ0v) is 65.2. The van der Waals surface area contributed by atoms with Crippen LogP contribution in [0.2, 0.25) is 0 Å². The number of anilines is 6. The second kappa shape index (κ2) is 28.0. The smallest absolute Gasteiger partial charge is 0.252 e. The van der Waals surface area contributed by atoms with Crippen LogP contribution < -0.4 is 26.2 Å². The molecule has 0 spiro atoms. The molecule has 24 rings (SSSR count). The number of hydrogen-bond acceptors (Lipinski definition) is 5. The second-order valence-electron chi connectivity index (χ2n) is 31.6. The third kappa shape index (κ3) is 11.3. The fourth-order valence-corrected chi connectivity index (χ4v) is 19.4. The van der Waals surface area contributed by atoms with E-state index in [9.17, 15) is 0 Å². The predicted octanol–water partition coefficient (Wildman–Crippen LogP) is 29.8. The summed E-state index contributed by atoms with van der Waals surface area (Å²) in [6.45, 7) is -0.384. The summed E-state index contributed by atoms with van der Waals surface area (Å²) >= 11 is 0. The molecule has 19 aromatic carbocycles. The van der Waals surface area contributed by atoms with Gasteiger partial charge < -0.3 is 23.1 Å². The lowest BCUT2D eigenvalue weighted by atomic mass is 9.33. The maximum absolute atomic E-state index is 7.01. The molecule has 0 saturated carbocycles. The molecular formula is C114H71BN2O3. The lowest BCUT2D eigenvalue weighted by molar-refractivity contribution is 0.668. The molecule has 6 heteroatoms. The van der Waals surface area contributed by atoms with Crippen LogP contribution in [0.4, 0.5) is 34.1 Å². The van der Waals surface area contributed by atoms with Crippen molar-refractivity contribution < 1.29 is 13.3 Å². The van der Waals surface area contributed by atoms with E-state index in [1.807, 2.05) is 0 Å². The highest BCUT2D eigenvalue weighted by molar-refractivity contribution is 7.00. The van der Waals surface area contributed by atoms with Gasteiger partial charge in [0.15, 0.2) is 0 Å². The van der Waals surface area contributed by atoms with Crippen molar-refractivity contribution in [3.05, 3.63) is 431 Å². The normalized spacial score (nSPS) is 12.3. The number of rotatable bonds is 13. The third-order valence-corrected chi connectivity index (χ3v) is 24.8. The fraction of sp³-hybridized carbons (Fsp3) is 0. The van der Waals surface area contributed by atoms with Gasteiger partial charge in [0.1, 0.15) is 33.5 Å². The van der Waals surface area contributed by atoms with Crippen LogP contribution in [0.1, 0.15) is 0 Å². The van der Waals surface area contributed by atoms with Crippen molar-refractivity contribution in [1.82, 2.24) is 0 Å². The quantitative estimate of drug-likeness (QED) is 0.108. The highest BCUT2D eigenvalue weighted by Gasteiger charge is 2.46. The maximum atomic E-state index is 7.01. The van der Waals surface area contributed by atoms with Crippen molar-refractivity contribution in [3.63, 3.8) is 0 Å². The molecule has 0 aliphatic carbocycles. The first-order chi connectivity index (χ1) is 59.5. The molecule has 0 amide bonds. The van der Waals surface area contributed by atoms with Gasteiger partial charge in [0.2, 0.25) is 0 Å². The lowest BCUT2D eigenvalue weighted by Gasteiger charge is -2.46. The van der Waals surface area contributed by atoms with Gasteiger partial charge >= 0.3 is 0 Å². The number of nitrogens with zero attached hydrogens (tertiary/aromatic N) is 2. The molecule has 0 fully saturated rings. The van der Waals surface area contributed by atoms with Gasteiger partial charge in [-0.2, -0.15) is 0 Å². The summed E-state index contributed by atoms with van der Waals surface area (Å²) in [4.78, 5) is 5.38. The summed E-state index contributed by atoms with van der Waals surface area (Å²) in [6.07, 6.45) is 0. The lowest BCUT2D eigenvalue weighted by Crippen LogP contribution is -2.61. The molecule has 0 atom stereocenters. The van der Waals surface area contributed by atoms with Gasteiger partial charge in [-0.3, -0.25) is 0 Å². The predicted molar refractivity (Wildman–Crippen MR) is 502 cm³/mol. The van der Waals surface area contributed by atoms with Gasteiger partial charge in [-0.05, 0) is 220 Å². The first kappa shape index (κ1) is 68.6. The monoisotopic (exact) mass is 1530 g/mol. The highest BCUT2D eigenvalue weighted by atomic mass is 16.3. The molecule has 22 aromatic rings. The van der Waals surface area contributed by atoms with Gasteiger partial charge in [-0.1, -0.05) is 328 Å². The van der Waals surface area contributed by atoms with E-state index < -0.39 is 0 Å².